The summed E-state index contributed by atoms with van der Waals surface area (Å²) in [5.74, 6) is 0.0162. The molecule has 3 atom stereocenters. The summed E-state index contributed by atoms with van der Waals surface area (Å²) >= 11 is 0. The summed E-state index contributed by atoms with van der Waals surface area (Å²) in [4.78, 5) is 16.7. The van der Waals surface area contributed by atoms with Gasteiger partial charge >= 0.3 is 0 Å². The van der Waals surface area contributed by atoms with E-state index in [1.807, 2.05) is 19.1 Å². The van der Waals surface area contributed by atoms with Gasteiger partial charge in [0.1, 0.15) is 5.54 Å². The lowest BCUT2D eigenvalue weighted by Crippen LogP contribution is -2.70. The fraction of sp³-hybridized carbons (Fsp3) is 0.474. The molecule has 0 aliphatic carbocycles. The number of aliphatic imine (C=N–C) groups is 1. The standard InChI is InChI=1S/C19H26N2O4/c1-5-11-19(12-8-13-21-19)18(3,17(2,23)16(20)22)25-15-10-7-6-9-14(15)24-4/h6-10,12-13,23H,5,11H2,1-4H3,(H2,20,22). The van der Waals surface area contributed by atoms with Gasteiger partial charge in [0.15, 0.2) is 22.7 Å². The minimum atomic E-state index is -1.98. The van der Waals surface area contributed by atoms with E-state index in [0.717, 1.165) is 6.42 Å². The first-order chi connectivity index (χ1) is 11.7. The van der Waals surface area contributed by atoms with Crippen molar-refractivity contribution >= 4 is 12.1 Å². The topological polar surface area (TPSA) is 94.1 Å². The molecule has 0 saturated heterocycles. The molecule has 136 valence electrons. The van der Waals surface area contributed by atoms with E-state index in [1.54, 1.807) is 37.4 Å². The lowest BCUT2D eigenvalue weighted by atomic mass is 9.68. The molecule has 0 aromatic heterocycles. The number of amides is 1. The summed E-state index contributed by atoms with van der Waals surface area (Å²) in [6.07, 6.45) is 6.65. The van der Waals surface area contributed by atoms with Crippen molar-refractivity contribution in [2.75, 3.05) is 7.11 Å². The van der Waals surface area contributed by atoms with E-state index in [0.29, 0.717) is 17.9 Å². The third-order valence-electron chi connectivity index (χ3n) is 5.01. The van der Waals surface area contributed by atoms with Crippen LogP contribution in [0, 0.1) is 0 Å². The zero-order chi connectivity index (χ0) is 18.7. The lowest BCUT2D eigenvalue weighted by molar-refractivity contribution is -0.169. The summed E-state index contributed by atoms with van der Waals surface area (Å²) < 4.78 is 11.6. The number of para-hydroxylation sites is 2. The van der Waals surface area contributed by atoms with Crippen LogP contribution < -0.4 is 15.2 Å². The molecule has 1 aromatic rings. The molecule has 1 aliphatic heterocycles. The molecule has 0 radical (unpaired) electrons. The number of carbonyl (C=O) groups is 1. The number of hydrogen-bond donors (Lipinski definition) is 2. The number of ether oxygens (including phenoxy) is 2. The molecule has 25 heavy (non-hydrogen) atoms. The molecule has 1 aromatic carbocycles. The monoisotopic (exact) mass is 346 g/mol. The van der Waals surface area contributed by atoms with E-state index in [2.05, 4.69) is 4.99 Å². The van der Waals surface area contributed by atoms with Crippen LogP contribution in [0.5, 0.6) is 11.5 Å². The Balaban J connectivity index is 2.63. The Morgan fingerprint density at radius 3 is 2.44 bits per heavy atom. The molecule has 0 spiro atoms. The van der Waals surface area contributed by atoms with Crippen LogP contribution in [-0.2, 0) is 4.79 Å². The van der Waals surface area contributed by atoms with E-state index in [9.17, 15) is 9.90 Å². The van der Waals surface area contributed by atoms with E-state index in [1.165, 1.54) is 14.0 Å². The van der Waals surface area contributed by atoms with Crippen LogP contribution in [0.4, 0.5) is 0 Å². The Morgan fingerprint density at radius 2 is 1.96 bits per heavy atom. The minimum Gasteiger partial charge on any atom is -0.493 e. The van der Waals surface area contributed by atoms with Gasteiger partial charge in [0.2, 0.25) is 0 Å². The summed E-state index contributed by atoms with van der Waals surface area (Å²) in [7, 11) is 1.53. The second kappa shape index (κ2) is 6.88. The van der Waals surface area contributed by atoms with Crippen molar-refractivity contribution in [1.82, 2.24) is 0 Å². The lowest BCUT2D eigenvalue weighted by Gasteiger charge is -2.49. The smallest absolute Gasteiger partial charge is 0.253 e. The normalized spacial score (nSPS) is 23.7. The zero-order valence-corrected chi connectivity index (χ0v) is 15.2. The van der Waals surface area contributed by atoms with Gasteiger partial charge in [-0.3, -0.25) is 9.79 Å². The van der Waals surface area contributed by atoms with Crippen LogP contribution in [0.25, 0.3) is 0 Å². The Morgan fingerprint density at radius 1 is 1.32 bits per heavy atom. The van der Waals surface area contributed by atoms with E-state index in [4.69, 9.17) is 15.2 Å². The van der Waals surface area contributed by atoms with Crippen molar-refractivity contribution in [1.29, 1.82) is 0 Å². The molecule has 3 unspecified atom stereocenters. The number of aliphatic hydroxyl groups is 1. The molecule has 3 N–H and O–H groups in total. The number of rotatable bonds is 8. The molecule has 1 heterocycles. The second-order valence-electron chi connectivity index (χ2n) is 6.53. The molecule has 2 rings (SSSR count). The van der Waals surface area contributed by atoms with Crippen molar-refractivity contribution in [2.24, 2.45) is 10.7 Å². The first-order valence-corrected chi connectivity index (χ1v) is 8.31. The van der Waals surface area contributed by atoms with E-state index < -0.39 is 22.6 Å². The van der Waals surface area contributed by atoms with Crippen LogP contribution in [0.1, 0.15) is 33.6 Å². The van der Waals surface area contributed by atoms with Gasteiger partial charge in [-0.25, -0.2) is 0 Å². The highest BCUT2D eigenvalue weighted by Crippen LogP contribution is 2.46. The van der Waals surface area contributed by atoms with Crippen molar-refractivity contribution in [3.63, 3.8) is 0 Å². The van der Waals surface area contributed by atoms with Crippen LogP contribution in [0.15, 0.2) is 41.4 Å². The summed E-state index contributed by atoms with van der Waals surface area (Å²) in [5, 5.41) is 11.0. The molecular weight excluding hydrogens is 320 g/mol. The van der Waals surface area contributed by atoms with E-state index >= 15 is 0 Å². The number of nitrogens with two attached hydrogens (primary N) is 1. The molecule has 6 heteroatoms. The SMILES string of the molecule is CCCC1(C(C)(Oc2ccccc2OC)C(C)(O)C(N)=O)C=CC=N1. The van der Waals surface area contributed by atoms with E-state index in [-0.39, 0.29) is 0 Å². The fourth-order valence-corrected chi connectivity index (χ4v) is 3.24. The third kappa shape index (κ3) is 3.02. The molecule has 1 amide bonds. The highest BCUT2D eigenvalue weighted by molar-refractivity contribution is 5.86. The van der Waals surface area contributed by atoms with Gasteiger partial charge in [-0.1, -0.05) is 31.6 Å². The van der Waals surface area contributed by atoms with Gasteiger partial charge in [0.05, 0.1) is 7.11 Å². The zero-order valence-electron chi connectivity index (χ0n) is 15.2. The maximum absolute atomic E-state index is 12.1. The number of carbonyl (C=O) groups excluding carboxylic acids is 1. The number of benzene rings is 1. The number of allylic oxidation sites excluding steroid dienone is 1. The van der Waals surface area contributed by atoms with Crippen LogP contribution in [0.3, 0.4) is 0 Å². The van der Waals surface area contributed by atoms with Gasteiger partial charge in [-0.05, 0) is 38.5 Å². The van der Waals surface area contributed by atoms with Gasteiger partial charge in [0, 0.05) is 6.21 Å². The second-order valence-corrected chi connectivity index (χ2v) is 6.53. The van der Waals surface area contributed by atoms with Crippen molar-refractivity contribution in [2.45, 2.75) is 50.4 Å². The van der Waals surface area contributed by atoms with Crippen molar-refractivity contribution in [3.05, 3.63) is 36.4 Å². The van der Waals surface area contributed by atoms with Crippen LogP contribution >= 0.6 is 0 Å². The molecule has 0 bridgehead atoms. The summed E-state index contributed by atoms with van der Waals surface area (Å²) in [5.41, 5.74) is 1.18. The van der Waals surface area contributed by atoms with Gasteiger partial charge in [0.25, 0.3) is 5.91 Å². The third-order valence-corrected chi connectivity index (χ3v) is 5.01. The number of hydrogen-bond acceptors (Lipinski definition) is 5. The van der Waals surface area contributed by atoms with Crippen LogP contribution in [-0.4, -0.2) is 41.1 Å². The van der Waals surface area contributed by atoms with Gasteiger partial charge in [-0.2, -0.15) is 0 Å². The molecule has 1 aliphatic rings. The highest BCUT2D eigenvalue weighted by Gasteiger charge is 2.62. The maximum Gasteiger partial charge on any atom is 0.253 e. The average molecular weight is 346 g/mol. The largest absolute Gasteiger partial charge is 0.493 e. The van der Waals surface area contributed by atoms with Gasteiger partial charge in [-0.15, -0.1) is 0 Å². The first kappa shape index (κ1) is 19.0. The number of nitrogens with zero attached hydrogens (tertiary/aromatic N) is 1. The fourth-order valence-electron chi connectivity index (χ4n) is 3.24. The van der Waals surface area contributed by atoms with Crippen molar-refractivity contribution < 1.29 is 19.4 Å². The maximum atomic E-state index is 12.1. The molecule has 0 fully saturated rings. The highest BCUT2D eigenvalue weighted by atomic mass is 16.5. The predicted octanol–water partition coefficient (Wildman–Crippen LogP) is 2.25. The quantitative estimate of drug-likeness (QED) is 0.755. The Hall–Kier alpha value is -2.34. The molecular formula is C19H26N2O4. The number of methoxy groups -OCH3 is 1. The summed E-state index contributed by atoms with van der Waals surface area (Å²) in [6, 6.07) is 7.06. The Bertz CT molecular complexity index is 684. The molecule has 6 nitrogen and oxygen atoms in total. The first-order valence-electron chi connectivity index (χ1n) is 8.31. The Labute approximate surface area is 148 Å². The van der Waals surface area contributed by atoms with Gasteiger partial charge < -0.3 is 20.3 Å². The predicted molar refractivity (Wildman–Crippen MR) is 97.1 cm³/mol. The summed E-state index contributed by atoms with van der Waals surface area (Å²) in [6.45, 7) is 5.03. The average Bonchev–Trinajstić information content (AvgIpc) is 3.05. The number of primary amides is 1. The van der Waals surface area contributed by atoms with Crippen molar-refractivity contribution in [3.8, 4) is 11.5 Å². The van der Waals surface area contributed by atoms with Crippen LogP contribution in [0.2, 0.25) is 0 Å². The Kier molecular flexibility index (Phi) is 5.23. The minimum absolute atomic E-state index is 0.403. The molecule has 0 saturated carbocycles.